The number of unbranched alkanes of at least 4 members (excludes halogenated alkanes) is 1. The molecule has 1 unspecified atom stereocenters. The van der Waals surface area contributed by atoms with Gasteiger partial charge in [0.05, 0.1) is 0 Å². The normalized spacial score (nSPS) is 12.7. The van der Waals surface area contributed by atoms with Gasteiger partial charge in [-0.1, -0.05) is 31.5 Å². The van der Waals surface area contributed by atoms with E-state index in [1.54, 1.807) is 0 Å². The summed E-state index contributed by atoms with van der Waals surface area (Å²) in [5.74, 6) is 0.753. The van der Waals surface area contributed by atoms with Gasteiger partial charge in [0.15, 0.2) is 0 Å². The van der Waals surface area contributed by atoms with E-state index < -0.39 is 0 Å². The van der Waals surface area contributed by atoms with Crippen molar-refractivity contribution in [1.82, 2.24) is 9.88 Å². The predicted octanol–water partition coefficient (Wildman–Crippen LogP) is 3.24. The monoisotopic (exact) mass is 315 g/mol. The van der Waals surface area contributed by atoms with E-state index in [1.165, 1.54) is 11.8 Å². The number of aryl methyl sites for hydroxylation is 1. The van der Waals surface area contributed by atoms with Crippen LogP contribution in [0.15, 0.2) is 30.3 Å². The second-order valence-electron chi connectivity index (χ2n) is 6.33. The highest BCUT2D eigenvalue weighted by Crippen LogP contribution is 2.25. The third-order valence-electron chi connectivity index (χ3n) is 3.86. The molecule has 2 aromatic rings. The number of pyridine rings is 1. The summed E-state index contributed by atoms with van der Waals surface area (Å²) in [6.45, 7) is 6.55. The van der Waals surface area contributed by atoms with Crippen molar-refractivity contribution in [1.29, 1.82) is 0 Å². The number of benzene rings is 1. The zero-order chi connectivity index (χ0) is 16.7. The lowest BCUT2D eigenvalue weighted by Gasteiger charge is -2.19. The highest BCUT2D eigenvalue weighted by atomic mass is 16.5. The van der Waals surface area contributed by atoms with Gasteiger partial charge in [-0.15, -0.1) is 0 Å². The summed E-state index contributed by atoms with van der Waals surface area (Å²) in [5.41, 5.74) is 6.94. The molecule has 1 aromatic heterocycles. The molecule has 0 amide bonds. The Morgan fingerprint density at radius 1 is 1.30 bits per heavy atom. The number of nitrogens with two attached hydrogens (primary N) is 1. The maximum Gasteiger partial charge on any atom is 0.221 e. The van der Waals surface area contributed by atoms with E-state index in [4.69, 9.17) is 15.5 Å². The van der Waals surface area contributed by atoms with Crippen molar-refractivity contribution in [2.45, 2.75) is 39.2 Å². The van der Waals surface area contributed by atoms with Gasteiger partial charge in [-0.25, -0.2) is 4.98 Å². The molecule has 0 spiro atoms. The molecular formula is C19H29N3O. The van der Waals surface area contributed by atoms with E-state index in [1.807, 2.05) is 13.0 Å². The third kappa shape index (κ3) is 5.48. The Morgan fingerprint density at radius 3 is 2.83 bits per heavy atom. The molecule has 1 heterocycles. The summed E-state index contributed by atoms with van der Waals surface area (Å²) < 4.78 is 6.00. The molecule has 23 heavy (non-hydrogen) atoms. The smallest absolute Gasteiger partial charge is 0.221 e. The number of hydrogen-bond donors (Lipinski definition) is 1. The summed E-state index contributed by atoms with van der Waals surface area (Å²) in [7, 11) is 2.07. The van der Waals surface area contributed by atoms with E-state index in [-0.39, 0.29) is 6.04 Å². The standard InChI is InChI=1S/C19H29N3O/c1-4-5-9-17-13-16-8-6-7-10-18(16)19(21-17)23-12-11-22(3)14-15(2)20/h6-8,10,13,15H,4-5,9,11-12,14,20H2,1-3H3. The molecular weight excluding hydrogens is 286 g/mol. The quantitative estimate of drug-likeness (QED) is 0.772. The van der Waals surface area contributed by atoms with Crippen LogP contribution in [0, 0.1) is 0 Å². The van der Waals surface area contributed by atoms with Gasteiger partial charge in [-0.05, 0) is 44.3 Å². The summed E-state index contributed by atoms with van der Waals surface area (Å²) in [4.78, 5) is 6.92. The van der Waals surface area contributed by atoms with Crippen molar-refractivity contribution in [3.63, 3.8) is 0 Å². The molecule has 1 aromatic carbocycles. The lowest BCUT2D eigenvalue weighted by Crippen LogP contribution is -2.35. The Balaban J connectivity index is 2.08. The Bertz CT molecular complexity index is 613. The minimum atomic E-state index is 0.177. The number of nitrogens with zero attached hydrogens (tertiary/aromatic N) is 2. The molecule has 0 bridgehead atoms. The predicted molar refractivity (Wildman–Crippen MR) is 97.0 cm³/mol. The number of fused-ring (bicyclic) bond motifs is 1. The van der Waals surface area contributed by atoms with Gasteiger partial charge < -0.3 is 15.4 Å². The van der Waals surface area contributed by atoms with Gasteiger partial charge in [0.1, 0.15) is 6.61 Å². The highest BCUT2D eigenvalue weighted by Gasteiger charge is 2.08. The first-order chi connectivity index (χ1) is 11.1. The Morgan fingerprint density at radius 2 is 2.09 bits per heavy atom. The van der Waals surface area contributed by atoms with Crippen LogP contribution in [0.25, 0.3) is 10.8 Å². The molecule has 0 fully saturated rings. The molecule has 0 aliphatic rings. The first-order valence-electron chi connectivity index (χ1n) is 8.55. The van der Waals surface area contributed by atoms with Crippen molar-refractivity contribution in [2.24, 2.45) is 5.73 Å². The average Bonchev–Trinajstić information content (AvgIpc) is 2.52. The van der Waals surface area contributed by atoms with Crippen molar-refractivity contribution < 1.29 is 4.74 Å². The maximum absolute atomic E-state index is 6.00. The zero-order valence-electron chi connectivity index (χ0n) is 14.6. The van der Waals surface area contributed by atoms with Crippen LogP contribution in [0.1, 0.15) is 32.4 Å². The fourth-order valence-electron chi connectivity index (χ4n) is 2.70. The van der Waals surface area contributed by atoms with E-state index in [9.17, 15) is 0 Å². The van der Waals surface area contributed by atoms with Crippen molar-refractivity contribution in [2.75, 3.05) is 26.7 Å². The lowest BCUT2D eigenvalue weighted by molar-refractivity contribution is 0.228. The van der Waals surface area contributed by atoms with Crippen LogP contribution >= 0.6 is 0 Å². The topological polar surface area (TPSA) is 51.4 Å². The third-order valence-corrected chi connectivity index (χ3v) is 3.86. The van der Waals surface area contributed by atoms with Gasteiger partial charge in [0, 0.05) is 30.2 Å². The Hall–Kier alpha value is -1.65. The molecule has 4 heteroatoms. The van der Waals surface area contributed by atoms with Crippen LogP contribution < -0.4 is 10.5 Å². The number of aromatic nitrogens is 1. The van der Waals surface area contributed by atoms with Crippen LogP contribution in [-0.4, -0.2) is 42.7 Å². The fourth-order valence-corrected chi connectivity index (χ4v) is 2.70. The second kappa shape index (κ2) is 8.85. The van der Waals surface area contributed by atoms with Crippen LogP contribution in [0.5, 0.6) is 5.88 Å². The van der Waals surface area contributed by atoms with Gasteiger partial charge in [0.2, 0.25) is 5.88 Å². The molecule has 2 rings (SSSR count). The number of rotatable bonds is 9. The summed E-state index contributed by atoms with van der Waals surface area (Å²) >= 11 is 0. The zero-order valence-corrected chi connectivity index (χ0v) is 14.6. The van der Waals surface area contributed by atoms with Crippen LogP contribution in [0.4, 0.5) is 0 Å². The maximum atomic E-state index is 6.00. The first-order valence-corrected chi connectivity index (χ1v) is 8.55. The van der Waals surface area contributed by atoms with Gasteiger partial charge in [-0.3, -0.25) is 0 Å². The van der Waals surface area contributed by atoms with Crippen LogP contribution in [0.3, 0.4) is 0 Å². The van der Waals surface area contributed by atoms with Gasteiger partial charge in [-0.2, -0.15) is 0 Å². The fraction of sp³-hybridized carbons (Fsp3) is 0.526. The molecule has 126 valence electrons. The van der Waals surface area contributed by atoms with Crippen molar-refractivity contribution in [3.8, 4) is 5.88 Å². The average molecular weight is 315 g/mol. The lowest BCUT2D eigenvalue weighted by atomic mass is 10.1. The molecule has 1 atom stereocenters. The van der Waals surface area contributed by atoms with E-state index >= 15 is 0 Å². The summed E-state index contributed by atoms with van der Waals surface area (Å²) in [6, 6.07) is 10.7. The largest absolute Gasteiger partial charge is 0.476 e. The van der Waals surface area contributed by atoms with Crippen molar-refractivity contribution >= 4 is 10.8 Å². The number of ether oxygens (including phenoxy) is 1. The molecule has 0 saturated carbocycles. The number of hydrogen-bond acceptors (Lipinski definition) is 4. The summed E-state index contributed by atoms with van der Waals surface area (Å²) in [5, 5.41) is 2.29. The van der Waals surface area contributed by atoms with Gasteiger partial charge in [0.25, 0.3) is 0 Å². The van der Waals surface area contributed by atoms with Gasteiger partial charge >= 0.3 is 0 Å². The minimum absolute atomic E-state index is 0.177. The van der Waals surface area contributed by atoms with Crippen molar-refractivity contribution in [3.05, 3.63) is 36.0 Å². The molecule has 2 N–H and O–H groups in total. The minimum Gasteiger partial charge on any atom is -0.476 e. The van der Waals surface area contributed by atoms with Crippen LogP contribution in [0.2, 0.25) is 0 Å². The SMILES string of the molecule is CCCCc1cc2ccccc2c(OCCN(C)CC(C)N)n1. The molecule has 0 aliphatic heterocycles. The highest BCUT2D eigenvalue weighted by molar-refractivity contribution is 5.87. The summed E-state index contributed by atoms with van der Waals surface area (Å²) in [6.07, 6.45) is 3.33. The molecule has 0 aliphatic carbocycles. The van der Waals surface area contributed by atoms with E-state index in [0.29, 0.717) is 6.61 Å². The Labute approximate surface area is 139 Å². The Kier molecular flexibility index (Phi) is 6.81. The molecule has 0 radical (unpaired) electrons. The van der Waals surface area contributed by atoms with Crippen LogP contribution in [-0.2, 0) is 6.42 Å². The first kappa shape index (κ1) is 17.7. The second-order valence-corrected chi connectivity index (χ2v) is 6.33. The van der Waals surface area contributed by atoms with E-state index in [2.05, 4.69) is 43.1 Å². The molecule has 4 nitrogen and oxygen atoms in total. The van der Waals surface area contributed by atoms with E-state index in [0.717, 1.165) is 42.9 Å². The molecule has 0 saturated heterocycles. The number of likely N-dealkylation sites (N-methyl/N-ethyl adjacent to an activating group) is 1.